The van der Waals surface area contributed by atoms with E-state index in [9.17, 15) is 4.79 Å². The van der Waals surface area contributed by atoms with Crippen LogP contribution in [0.15, 0.2) is 29.3 Å². The number of hydrogen-bond acceptors (Lipinski definition) is 3. The lowest BCUT2D eigenvalue weighted by molar-refractivity contribution is -0.127. The Morgan fingerprint density at radius 2 is 2.05 bits per heavy atom. The molecule has 1 aliphatic rings. The zero-order valence-corrected chi connectivity index (χ0v) is 15.0. The lowest BCUT2D eigenvalue weighted by Crippen LogP contribution is -2.46. The molecule has 2 rings (SSSR count). The van der Waals surface area contributed by atoms with Crippen molar-refractivity contribution in [3.05, 3.63) is 29.8 Å². The van der Waals surface area contributed by atoms with E-state index in [1.54, 1.807) is 11.8 Å². The Bertz CT molecular complexity index is 578. The number of nitrogens with zero attached hydrogens (tertiary/aromatic N) is 2. The molecular weight excluding hydrogens is 292 g/mol. The lowest BCUT2D eigenvalue weighted by atomic mass is 9.95. The van der Waals surface area contributed by atoms with Crippen LogP contribution in [0.3, 0.4) is 0 Å². The highest BCUT2D eigenvalue weighted by Crippen LogP contribution is 2.34. The largest absolute Gasteiger partial charge is 0.291 e. The van der Waals surface area contributed by atoms with Gasteiger partial charge >= 0.3 is 0 Å². The summed E-state index contributed by atoms with van der Waals surface area (Å²) in [5.41, 5.74) is 2.34. The first kappa shape index (κ1) is 17.1. The monoisotopic (exact) mass is 318 g/mol. The Morgan fingerprint density at radius 1 is 1.36 bits per heavy atom. The number of amidine groups is 1. The molecule has 0 bridgehead atoms. The van der Waals surface area contributed by atoms with E-state index >= 15 is 0 Å². The maximum atomic E-state index is 12.3. The summed E-state index contributed by atoms with van der Waals surface area (Å²) in [5, 5.41) is 0.847. The first-order chi connectivity index (χ1) is 10.3. The van der Waals surface area contributed by atoms with Crippen LogP contribution >= 0.6 is 11.8 Å². The van der Waals surface area contributed by atoms with E-state index < -0.39 is 0 Å². The molecular formula is C18H26N2OS. The highest BCUT2D eigenvalue weighted by atomic mass is 32.2. The average molecular weight is 318 g/mol. The molecule has 1 heterocycles. The summed E-state index contributed by atoms with van der Waals surface area (Å²) in [6, 6.07) is 8.21. The Labute approximate surface area is 138 Å². The summed E-state index contributed by atoms with van der Waals surface area (Å²) in [6.07, 6.45) is 0.515. The molecule has 1 aliphatic heterocycles. The molecule has 1 aromatic rings. The summed E-state index contributed by atoms with van der Waals surface area (Å²) < 4.78 is 0. The van der Waals surface area contributed by atoms with Gasteiger partial charge in [0.15, 0.2) is 5.17 Å². The van der Waals surface area contributed by atoms with Gasteiger partial charge in [0.2, 0.25) is 5.91 Å². The van der Waals surface area contributed by atoms with E-state index in [1.807, 2.05) is 30.0 Å². The van der Waals surface area contributed by atoms with Gasteiger partial charge in [-0.15, -0.1) is 0 Å². The number of thioether (sulfide) groups is 1. The Balaban J connectivity index is 2.38. The number of aliphatic imine (C=N–C) groups is 1. The second-order valence-corrected chi connectivity index (χ2v) is 7.84. The van der Waals surface area contributed by atoms with Crippen LogP contribution in [0.25, 0.3) is 0 Å². The average Bonchev–Trinajstić information content (AvgIpc) is 2.48. The van der Waals surface area contributed by atoms with Crippen molar-refractivity contribution < 1.29 is 4.79 Å². The summed E-state index contributed by atoms with van der Waals surface area (Å²) in [7, 11) is 0. The molecule has 1 fully saturated rings. The van der Waals surface area contributed by atoms with Gasteiger partial charge < -0.3 is 0 Å². The van der Waals surface area contributed by atoms with Gasteiger partial charge in [0, 0.05) is 18.7 Å². The van der Waals surface area contributed by atoms with Crippen LogP contribution < -0.4 is 0 Å². The van der Waals surface area contributed by atoms with Gasteiger partial charge in [-0.3, -0.25) is 9.69 Å². The minimum atomic E-state index is 0.131. The van der Waals surface area contributed by atoms with Crippen LogP contribution in [0.4, 0.5) is 5.69 Å². The van der Waals surface area contributed by atoms with E-state index in [1.165, 1.54) is 5.56 Å². The molecule has 22 heavy (non-hydrogen) atoms. The number of amides is 1. The van der Waals surface area contributed by atoms with Gasteiger partial charge in [-0.25, -0.2) is 4.99 Å². The van der Waals surface area contributed by atoms with E-state index in [2.05, 4.69) is 33.8 Å². The minimum absolute atomic E-state index is 0.131. The summed E-state index contributed by atoms with van der Waals surface area (Å²) in [6.45, 7) is 11.4. The fourth-order valence-corrected chi connectivity index (χ4v) is 3.63. The molecule has 4 heteroatoms. The van der Waals surface area contributed by atoms with Crippen LogP contribution in [-0.4, -0.2) is 28.3 Å². The van der Waals surface area contributed by atoms with Gasteiger partial charge in [0.05, 0.1) is 5.69 Å². The molecule has 3 nitrogen and oxygen atoms in total. The molecule has 0 spiro atoms. The summed E-state index contributed by atoms with van der Waals surface area (Å²) in [4.78, 5) is 19.0. The Morgan fingerprint density at radius 3 is 2.68 bits per heavy atom. The smallest absolute Gasteiger partial charge is 0.228 e. The second kappa shape index (κ2) is 6.86. The summed E-state index contributed by atoms with van der Waals surface area (Å²) >= 11 is 1.69. The predicted octanol–water partition coefficient (Wildman–Crippen LogP) is 4.81. The zero-order chi connectivity index (χ0) is 16.3. The first-order valence-corrected chi connectivity index (χ1v) is 8.93. The third kappa shape index (κ3) is 3.92. The topological polar surface area (TPSA) is 32.7 Å². The maximum absolute atomic E-state index is 12.3. The van der Waals surface area contributed by atoms with Crippen molar-refractivity contribution in [2.24, 2.45) is 10.4 Å². The normalized spacial score (nSPS) is 19.7. The molecule has 0 unspecified atom stereocenters. The molecule has 0 atom stereocenters. The van der Waals surface area contributed by atoms with Crippen molar-refractivity contribution in [2.75, 3.05) is 12.3 Å². The molecule has 1 amide bonds. The molecule has 1 saturated heterocycles. The van der Waals surface area contributed by atoms with Gasteiger partial charge in [-0.1, -0.05) is 64.6 Å². The van der Waals surface area contributed by atoms with Crippen molar-refractivity contribution in [1.29, 1.82) is 0 Å². The van der Waals surface area contributed by atoms with Gasteiger partial charge in [0.1, 0.15) is 0 Å². The molecule has 0 saturated carbocycles. The van der Waals surface area contributed by atoms with Crippen LogP contribution in [0.1, 0.15) is 52.5 Å². The Hall–Kier alpha value is -1.29. The van der Waals surface area contributed by atoms with E-state index in [4.69, 9.17) is 4.99 Å². The first-order valence-electron chi connectivity index (χ1n) is 7.95. The highest BCUT2D eigenvalue weighted by molar-refractivity contribution is 8.13. The van der Waals surface area contributed by atoms with E-state index in [-0.39, 0.29) is 11.3 Å². The van der Waals surface area contributed by atoms with Crippen LogP contribution in [-0.2, 0) is 4.79 Å². The molecule has 0 aliphatic carbocycles. The Kier molecular flexibility index (Phi) is 5.32. The van der Waals surface area contributed by atoms with Crippen LogP contribution in [0.5, 0.6) is 0 Å². The van der Waals surface area contributed by atoms with Gasteiger partial charge in [-0.2, -0.15) is 0 Å². The number of benzene rings is 1. The van der Waals surface area contributed by atoms with Gasteiger partial charge in [-0.05, 0) is 23.0 Å². The molecule has 120 valence electrons. The SMILES string of the molecule is CCC(=O)N1CC(C)(C)CSC1=Nc1ccccc1C(C)C. The van der Waals surface area contributed by atoms with Gasteiger partial charge in [0.25, 0.3) is 0 Å². The van der Waals surface area contributed by atoms with Crippen molar-refractivity contribution in [2.45, 2.75) is 47.0 Å². The van der Waals surface area contributed by atoms with Crippen molar-refractivity contribution in [1.82, 2.24) is 4.90 Å². The molecule has 0 N–H and O–H groups in total. The van der Waals surface area contributed by atoms with Crippen molar-refractivity contribution >= 4 is 28.5 Å². The van der Waals surface area contributed by atoms with E-state index in [0.29, 0.717) is 12.3 Å². The number of para-hydroxylation sites is 1. The maximum Gasteiger partial charge on any atom is 0.228 e. The minimum Gasteiger partial charge on any atom is -0.291 e. The number of rotatable bonds is 3. The number of hydrogen-bond donors (Lipinski definition) is 0. The quantitative estimate of drug-likeness (QED) is 0.801. The highest BCUT2D eigenvalue weighted by Gasteiger charge is 2.33. The zero-order valence-electron chi connectivity index (χ0n) is 14.2. The summed E-state index contributed by atoms with van der Waals surface area (Å²) in [5.74, 6) is 1.56. The standard InChI is InChI=1S/C18H26N2OS/c1-6-16(21)20-11-18(4,5)12-22-17(20)19-15-10-8-7-9-14(15)13(2)3/h7-10,13H,6,11-12H2,1-5H3. The van der Waals surface area contributed by atoms with Crippen LogP contribution in [0.2, 0.25) is 0 Å². The third-order valence-electron chi connectivity index (χ3n) is 3.79. The molecule has 1 aromatic carbocycles. The third-order valence-corrected chi connectivity index (χ3v) is 5.28. The molecule has 0 aromatic heterocycles. The fraction of sp³-hybridized carbons (Fsp3) is 0.556. The van der Waals surface area contributed by atoms with Crippen LogP contribution in [0, 0.1) is 5.41 Å². The molecule has 0 radical (unpaired) electrons. The number of carbonyl (C=O) groups is 1. The predicted molar refractivity (Wildman–Crippen MR) is 95.9 cm³/mol. The second-order valence-electron chi connectivity index (χ2n) is 6.89. The number of carbonyl (C=O) groups excluding carboxylic acids is 1. The van der Waals surface area contributed by atoms with E-state index in [0.717, 1.165) is 23.2 Å². The lowest BCUT2D eigenvalue weighted by Gasteiger charge is -2.38. The fourth-order valence-electron chi connectivity index (χ4n) is 2.54. The van der Waals surface area contributed by atoms with Crippen molar-refractivity contribution in [3.63, 3.8) is 0 Å². The van der Waals surface area contributed by atoms with Crippen molar-refractivity contribution in [3.8, 4) is 0 Å².